The highest BCUT2D eigenvalue weighted by Crippen LogP contribution is 2.24. The summed E-state index contributed by atoms with van der Waals surface area (Å²) in [6, 6.07) is 1.59. The first-order valence-electron chi connectivity index (χ1n) is 5.57. The van der Waals surface area contributed by atoms with Crippen LogP contribution in [0.1, 0.15) is 40.0 Å². The summed E-state index contributed by atoms with van der Waals surface area (Å²) in [4.78, 5) is 15.5. The van der Waals surface area contributed by atoms with Gasteiger partial charge in [0.2, 0.25) is 0 Å². The van der Waals surface area contributed by atoms with Crippen molar-refractivity contribution in [1.29, 1.82) is 0 Å². The molecule has 0 fully saturated rings. The summed E-state index contributed by atoms with van der Waals surface area (Å²) in [5.41, 5.74) is 1.33. The van der Waals surface area contributed by atoms with Crippen molar-refractivity contribution >= 4 is 5.82 Å². The smallest absolute Gasteiger partial charge is 0.293 e. The molecule has 0 aliphatic rings. The standard InChI is InChI=1S/C11H19N3O2/c1-4-7-11(3,5-2)14-8-6-9(13-16)12-10(14)15/h6,8,16H,4-5,7H2,1-3H3,(H,12,13,15). The van der Waals surface area contributed by atoms with Gasteiger partial charge in [0, 0.05) is 11.7 Å². The molecule has 1 rings (SSSR count). The molecule has 1 heterocycles. The number of hydrogen-bond donors (Lipinski definition) is 2. The Kier molecular flexibility index (Phi) is 4.06. The van der Waals surface area contributed by atoms with Crippen molar-refractivity contribution in [2.24, 2.45) is 0 Å². The van der Waals surface area contributed by atoms with E-state index < -0.39 is 0 Å². The van der Waals surface area contributed by atoms with Crippen LogP contribution in [0.5, 0.6) is 0 Å². The minimum Gasteiger partial charge on any atom is -0.293 e. The summed E-state index contributed by atoms with van der Waals surface area (Å²) >= 11 is 0. The predicted molar refractivity (Wildman–Crippen MR) is 62.8 cm³/mol. The van der Waals surface area contributed by atoms with Crippen LogP contribution in [0.15, 0.2) is 17.1 Å². The van der Waals surface area contributed by atoms with E-state index in [0.717, 1.165) is 19.3 Å². The van der Waals surface area contributed by atoms with E-state index in [-0.39, 0.29) is 17.0 Å². The van der Waals surface area contributed by atoms with Crippen LogP contribution in [-0.2, 0) is 5.54 Å². The van der Waals surface area contributed by atoms with Gasteiger partial charge in [0.15, 0.2) is 5.82 Å². The maximum absolute atomic E-state index is 11.8. The molecule has 0 bridgehead atoms. The third-order valence-electron chi connectivity index (χ3n) is 3.05. The fraction of sp³-hybridized carbons (Fsp3) is 0.636. The molecule has 0 aromatic carbocycles. The SMILES string of the molecule is CCCC(C)(CC)n1ccc(NO)nc1=O. The lowest BCUT2D eigenvalue weighted by molar-refractivity contribution is 0.266. The minimum atomic E-state index is -0.336. The zero-order valence-corrected chi connectivity index (χ0v) is 10.0. The zero-order chi connectivity index (χ0) is 12.2. The zero-order valence-electron chi connectivity index (χ0n) is 10.0. The molecule has 0 aliphatic carbocycles. The average molecular weight is 225 g/mol. The van der Waals surface area contributed by atoms with Crippen molar-refractivity contribution in [2.45, 2.75) is 45.6 Å². The average Bonchev–Trinajstić information content (AvgIpc) is 2.28. The predicted octanol–water partition coefficient (Wildman–Crippen LogP) is 1.97. The molecule has 0 spiro atoms. The first kappa shape index (κ1) is 12.7. The van der Waals surface area contributed by atoms with Gasteiger partial charge in [0.05, 0.1) is 0 Å². The lowest BCUT2D eigenvalue weighted by atomic mass is 9.93. The fourth-order valence-corrected chi connectivity index (χ4v) is 1.88. The molecule has 5 heteroatoms. The first-order chi connectivity index (χ1) is 7.57. The van der Waals surface area contributed by atoms with E-state index >= 15 is 0 Å². The number of aromatic nitrogens is 2. The van der Waals surface area contributed by atoms with Crippen molar-refractivity contribution in [3.63, 3.8) is 0 Å². The van der Waals surface area contributed by atoms with Crippen LogP contribution >= 0.6 is 0 Å². The largest absolute Gasteiger partial charge is 0.350 e. The lowest BCUT2D eigenvalue weighted by Gasteiger charge is -2.30. The van der Waals surface area contributed by atoms with Gasteiger partial charge in [-0.2, -0.15) is 4.98 Å². The molecule has 1 aromatic rings. The van der Waals surface area contributed by atoms with E-state index in [0.29, 0.717) is 0 Å². The van der Waals surface area contributed by atoms with Crippen molar-refractivity contribution in [1.82, 2.24) is 9.55 Å². The van der Waals surface area contributed by atoms with E-state index in [1.54, 1.807) is 16.8 Å². The van der Waals surface area contributed by atoms with Crippen LogP contribution in [0.2, 0.25) is 0 Å². The second-order valence-corrected chi connectivity index (χ2v) is 4.18. The van der Waals surface area contributed by atoms with Crippen LogP contribution in [0, 0.1) is 0 Å². The van der Waals surface area contributed by atoms with Gasteiger partial charge in [-0.25, -0.2) is 4.79 Å². The monoisotopic (exact) mass is 225 g/mol. The van der Waals surface area contributed by atoms with Gasteiger partial charge < -0.3 is 0 Å². The molecule has 5 nitrogen and oxygen atoms in total. The van der Waals surface area contributed by atoms with Crippen LogP contribution in [-0.4, -0.2) is 14.8 Å². The minimum absolute atomic E-state index is 0.177. The Bertz CT molecular complexity index is 402. The molecule has 2 N–H and O–H groups in total. The van der Waals surface area contributed by atoms with Gasteiger partial charge in [-0.15, -0.1) is 0 Å². The molecular formula is C11H19N3O2. The van der Waals surface area contributed by atoms with Crippen LogP contribution in [0.4, 0.5) is 5.82 Å². The summed E-state index contributed by atoms with van der Waals surface area (Å²) in [6.07, 6.45) is 4.48. The van der Waals surface area contributed by atoms with Gasteiger partial charge in [-0.1, -0.05) is 20.3 Å². The maximum Gasteiger partial charge on any atom is 0.350 e. The van der Waals surface area contributed by atoms with E-state index in [1.165, 1.54) is 0 Å². The van der Waals surface area contributed by atoms with E-state index in [4.69, 9.17) is 5.21 Å². The Morgan fingerprint density at radius 2 is 2.25 bits per heavy atom. The molecule has 90 valence electrons. The number of nitrogens with one attached hydrogen (secondary N) is 1. The number of anilines is 1. The topological polar surface area (TPSA) is 67.2 Å². The van der Waals surface area contributed by atoms with E-state index in [9.17, 15) is 4.79 Å². The van der Waals surface area contributed by atoms with Gasteiger partial charge in [-0.3, -0.25) is 15.3 Å². The second kappa shape index (κ2) is 5.12. The molecule has 0 aliphatic heterocycles. The fourth-order valence-electron chi connectivity index (χ4n) is 1.88. The summed E-state index contributed by atoms with van der Waals surface area (Å²) in [5.74, 6) is 0.177. The van der Waals surface area contributed by atoms with Gasteiger partial charge in [0.25, 0.3) is 0 Å². The van der Waals surface area contributed by atoms with Crippen LogP contribution in [0.25, 0.3) is 0 Å². The Labute approximate surface area is 95.1 Å². The Balaban J connectivity index is 3.16. The van der Waals surface area contributed by atoms with Gasteiger partial charge in [-0.05, 0) is 25.8 Å². The van der Waals surface area contributed by atoms with Crippen molar-refractivity contribution < 1.29 is 5.21 Å². The summed E-state index contributed by atoms with van der Waals surface area (Å²) in [7, 11) is 0. The highest BCUT2D eigenvalue weighted by Gasteiger charge is 2.24. The van der Waals surface area contributed by atoms with Gasteiger partial charge >= 0.3 is 5.69 Å². The molecule has 1 atom stereocenters. The molecule has 0 radical (unpaired) electrons. The van der Waals surface area contributed by atoms with Crippen molar-refractivity contribution in [3.05, 3.63) is 22.7 Å². The number of hydrogen-bond acceptors (Lipinski definition) is 4. The normalized spacial score (nSPS) is 14.5. The lowest BCUT2D eigenvalue weighted by Crippen LogP contribution is -2.39. The summed E-state index contributed by atoms with van der Waals surface area (Å²) in [6.45, 7) is 6.20. The first-order valence-corrected chi connectivity index (χ1v) is 5.57. The third-order valence-corrected chi connectivity index (χ3v) is 3.05. The maximum atomic E-state index is 11.8. The second-order valence-electron chi connectivity index (χ2n) is 4.18. The summed E-state index contributed by atoms with van der Waals surface area (Å²) in [5, 5.41) is 8.66. The number of nitrogens with zero attached hydrogens (tertiary/aromatic N) is 2. The summed E-state index contributed by atoms with van der Waals surface area (Å²) < 4.78 is 1.64. The Morgan fingerprint density at radius 1 is 1.56 bits per heavy atom. The quantitative estimate of drug-likeness (QED) is 0.752. The molecule has 1 aromatic heterocycles. The highest BCUT2D eigenvalue weighted by atomic mass is 16.5. The van der Waals surface area contributed by atoms with Crippen molar-refractivity contribution in [3.8, 4) is 0 Å². The molecule has 16 heavy (non-hydrogen) atoms. The van der Waals surface area contributed by atoms with E-state index in [2.05, 4.69) is 18.8 Å². The van der Waals surface area contributed by atoms with Crippen LogP contribution in [0.3, 0.4) is 0 Å². The Hall–Kier alpha value is -1.36. The van der Waals surface area contributed by atoms with Gasteiger partial charge in [0.1, 0.15) is 0 Å². The number of rotatable bonds is 5. The molecule has 0 saturated heterocycles. The highest BCUT2D eigenvalue weighted by molar-refractivity contribution is 5.28. The third kappa shape index (κ3) is 2.41. The molecule has 1 unspecified atom stereocenters. The molecular weight excluding hydrogens is 206 g/mol. The Morgan fingerprint density at radius 3 is 2.69 bits per heavy atom. The van der Waals surface area contributed by atoms with Crippen LogP contribution < -0.4 is 11.2 Å². The van der Waals surface area contributed by atoms with Crippen molar-refractivity contribution in [2.75, 3.05) is 5.48 Å². The van der Waals surface area contributed by atoms with E-state index in [1.807, 2.05) is 12.4 Å². The molecule has 0 amide bonds. The molecule has 0 saturated carbocycles.